The molecule has 0 spiro atoms. The van der Waals surface area contributed by atoms with Gasteiger partial charge in [-0.15, -0.1) is 0 Å². The molecule has 1 N–H and O–H groups in total. The van der Waals surface area contributed by atoms with E-state index in [1.54, 1.807) is 18.2 Å². The zero-order chi connectivity index (χ0) is 13.8. The average molecular weight is 302 g/mol. The third-order valence-electron chi connectivity index (χ3n) is 3.49. The molecule has 19 heavy (non-hydrogen) atoms. The van der Waals surface area contributed by atoms with E-state index in [9.17, 15) is 9.90 Å². The highest BCUT2D eigenvalue weighted by Gasteiger charge is 2.23. The molecule has 1 aliphatic rings. The number of likely N-dealkylation sites (tertiary alicyclic amines) is 1. The lowest BCUT2D eigenvalue weighted by molar-refractivity contribution is -0.132. The van der Waals surface area contributed by atoms with Crippen LogP contribution >= 0.6 is 23.2 Å². The van der Waals surface area contributed by atoms with Crippen molar-refractivity contribution in [3.8, 4) is 0 Å². The van der Waals surface area contributed by atoms with Gasteiger partial charge in [-0.1, -0.05) is 29.3 Å². The molecule has 1 fully saturated rings. The van der Waals surface area contributed by atoms with Gasteiger partial charge >= 0.3 is 0 Å². The average Bonchev–Trinajstić information content (AvgIpc) is 2.42. The maximum absolute atomic E-state index is 12.2. The van der Waals surface area contributed by atoms with Crippen LogP contribution in [0.3, 0.4) is 0 Å². The summed E-state index contributed by atoms with van der Waals surface area (Å²) in [7, 11) is 0. The first kappa shape index (κ1) is 14.6. The molecular weight excluding hydrogens is 285 g/mol. The molecule has 0 bridgehead atoms. The molecule has 1 heterocycles. The summed E-state index contributed by atoms with van der Waals surface area (Å²) in [5, 5.41) is 10.3. The summed E-state index contributed by atoms with van der Waals surface area (Å²) in [6, 6.07) is 5.18. The van der Waals surface area contributed by atoms with Crippen molar-refractivity contribution >= 4 is 29.1 Å². The van der Waals surface area contributed by atoms with Crippen LogP contribution < -0.4 is 0 Å². The largest absolute Gasteiger partial charge is 0.396 e. The Kier molecular flexibility index (Phi) is 5.08. The van der Waals surface area contributed by atoms with Gasteiger partial charge in [0, 0.05) is 29.7 Å². The SMILES string of the molecule is O=C(Cc1ccc(Cl)cc1Cl)N1CCCC(CO)C1. The van der Waals surface area contributed by atoms with E-state index in [-0.39, 0.29) is 24.9 Å². The van der Waals surface area contributed by atoms with Gasteiger partial charge in [0.2, 0.25) is 5.91 Å². The summed E-state index contributed by atoms with van der Waals surface area (Å²) in [6.45, 7) is 1.55. The van der Waals surface area contributed by atoms with Crippen molar-refractivity contribution < 1.29 is 9.90 Å². The fraction of sp³-hybridized carbons (Fsp3) is 0.500. The maximum atomic E-state index is 12.2. The van der Waals surface area contributed by atoms with Gasteiger partial charge in [-0.05, 0) is 36.5 Å². The van der Waals surface area contributed by atoms with Crippen molar-refractivity contribution in [2.45, 2.75) is 19.3 Å². The predicted octanol–water partition coefficient (Wildman–Crippen LogP) is 2.77. The first-order valence-electron chi connectivity index (χ1n) is 6.42. The molecule has 1 aliphatic heterocycles. The minimum Gasteiger partial charge on any atom is -0.396 e. The Hall–Kier alpha value is -0.770. The number of aliphatic hydroxyl groups excluding tert-OH is 1. The van der Waals surface area contributed by atoms with Gasteiger partial charge in [0.25, 0.3) is 0 Å². The molecule has 1 saturated heterocycles. The molecule has 1 unspecified atom stereocenters. The first-order valence-corrected chi connectivity index (χ1v) is 7.18. The van der Waals surface area contributed by atoms with Crippen molar-refractivity contribution in [3.05, 3.63) is 33.8 Å². The lowest BCUT2D eigenvalue weighted by Gasteiger charge is -2.32. The van der Waals surface area contributed by atoms with E-state index in [4.69, 9.17) is 23.2 Å². The van der Waals surface area contributed by atoms with Crippen molar-refractivity contribution in [2.24, 2.45) is 5.92 Å². The van der Waals surface area contributed by atoms with Crippen LogP contribution in [-0.2, 0) is 11.2 Å². The van der Waals surface area contributed by atoms with Crippen LogP contribution in [0.25, 0.3) is 0 Å². The number of hydrogen-bond donors (Lipinski definition) is 1. The lowest BCUT2D eigenvalue weighted by Crippen LogP contribution is -2.41. The van der Waals surface area contributed by atoms with Gasteiger partial charge in [0.05, 0.1) is 6.42 Å². The summed E-state index contributed by atoms with van der Waals surface area (Å²) in [5.74, 6) is 0.265. The van der Waals surface area contributed by atoms with Gasteiger partial charge in [-0.3, -0.25) is 4.79 Å². The van der Waals surface area contributed by atoms with Crippen LogP contribution in [-0.4, -0.2) is 35.6 Å². The van der Waals surface area contributed by atoms with E-state index in [0.29, 0.717) is 16.6 Å². The monoisotopic (exact) mass is 301 g/mol. The van der Waals surface area contributed by atoms with E-state index in [1.165, 1.54) is 0 Å². The number of halogens is 2. The van der Waals surface area contributed by atoms with E-state index in [0.717, 1.165) is 24.9 Å². The molecule has 1 aromatic rings. The quantitative estimate of drug-likeness (QED) is 0.932. The summed E-state index contributed by atoms with van der Waals surface area (Å²) >= 11 is 11.9. The molecule has 1 amide bonds. The highest BCUT2D eigenvalue weighted by Crippen LogP contribution is 2.23. The molecule has 1 aromatic carbocycles. The van der Waals surface area contributed by atoms with E-state index < -0.39 is 0 Å². The normalized spacial score (nSPS) is 19.5. The molecule has 0 aliphatic carbocycles. The van der Waals surface area contributed by atoms with Crippen LogP contribution in [0.15, 0.2) is 18.2 Å². The number of rotatable bonds is 3. The Balaban J connectivity index is 2.00. The maximum Gasteiger partial charge on any atom is 0.227 e. The topological polar surface area (TPSA) is 40.5 Å². The summed E-state index contributed by atoms with van der Waals surface area (Å²) < 4.78 is 0. The second-order valence-corrected chi connectivity index (χ2v) is 5.79. The van der Waals surface area contributed by atoms with Crippen molar-refractivity contribution in [1.82, 2.24) is 4.90 Å². The van der Waals surface area contributed by atoms with Crippen LogP contribution in [0.2, 0.25) is 10.0 Å². The van der Waals surface area contributed by atoms with Crippen molar-refractivity contribution in [1.29, 1.82) is 0 Å². The van der Waals surface area contributed by atoms with Gasteiger partial charge in [0.15, 0.2) is 0 Å². The van der Waals surface area contributed by atoms with Gasteiger partial charge in [-0.25, -0.2) is 0 Å². The zero-order valence-corrected chi connectivity index (χ0v) is 12.1. The Morgan fingerprint density at radius 3 is 2.89 bits per heavy atom. The molecule has 2 rings (SSSR count). The summed E-state index contributed by atoms with van der Waals surface area (Å²) in [6.07, 6.45) is 2.22. The number of hydrogen-bond acceptors (Lipinski definition) is 2. The lowest BCUT2D eigenvalue weighted by atomic mass is 9.98. The Morgan fingerprint density at radius 2 is 2.21 bits per heavy atom. The predicted molar refractivity (Wildman–Crippen MR) is 76.6 cm³/mol. The van der Waals surface area contributed by atoms with Crippen LogP contribution in [0.1, 0.15) is 18.4 Å². The highest BCUT2D eigenvalue weighted by atomic mass is 35.5. The molecule has 5 heteroatoms. The van der Waals surface area contributed by atoms with Crippen LogP contribution in [0, 0.1) is 5.92 Å². The minimum absolute atomic E-state index is 0.0578. The number of benzene rings is 1. The molecule has 0 saturated carbocycles. The van der Waals surface area contributed by atoms with Gasteiger partial charge in [0.1, 0.15) is 0 Å². The number of amides is 1. The van der Waals surface area contributed by atoms with E-state index in [1.807, 2.05) is 4.90 Å². The molecule has 0 aromatic heterocycles. The van der Waals surface area contributed by atoms with Crippen molar-refractivity contribution in [2.75, 3.05) is 19.7 Å². The summed E-state index contributed by atoms with van der Waals surface area (Å²) in [4.78, 5) is 14.0. The molecule has 104 valence electrons. The van der Waals surface area contributed by atoms with Gasteiger partial charge in [-0.2, -0.15) is 0 Å². The molecule has 3 nitrogen and oxygen atoms in total. The Morgan fingerprint density at radius 1 is 1.42 bits per heavy atom. The number of nitrogens with zero attached hydrogens (tertiary/aromatic N) is 1. The standard InChI is InChI=1S/C14H17Cl2NO2/c15-12-4-3-11(13(16)7-12)6-14(19)17-5-1-2-10(8-17)9-18/h3-4,7,10,18H,1-2,5-6,8-9H2. The van der Waals surface area contributed by atoms with E-state index >= 15 is 0 Å². The molecule has 1 atom stereocenters. The minimum atomic E-state index is 0.0578. The number of carbonyl (C=O) groups is 1. The van der Waals surface area contributed by atoms with E-state index in [2.05, 4.69) is 0 Å². The fourth-order valence-corrected chi connectivity index (χ4v) is 2.86. The fourth-order valence-electron chi connectivity index (χ4n) is 2.38. The Labute approximate surface area is 123 Å². The zero-order valence-electron chi connectivity index (χ0n) is 10.6. The highest BCUT2D eigenvalue weighted by molar-refractivity contribution is 6.35. The smallest absolute Gasteiger partial charge is 0.227 e. The second kappa shape index (κ2) is 6.60. The number of carbonyl (C=O) groups excluding carboxylic acids is 1. The van der Waals surface area contributed by atoms with Crippen LogP contribution in [0.5, 0.6) is 0 Å². The van der Waals surface area contributed by atoms with Crippen LogP contribution in [0.4, 0.5) is 0 Å². The summed E-state index contributed by atoms with van der Waals surface area (Å²) in [5.41, 5.74) is 0.794. The molecular formula is C14H17Cl2NO2. The number of piperidine rings is 1. The second-order valence-electron chi connectivity index (χ2n) is 4.94. The van der Waals surface area contributed by atoms with Gasteiger partial charge < -0.3 is 10.0 Å². The Bertz CT molecular complexity index is 465. The van der Waals surface area contributed by atoms with Crippen molar-refractivity contribution in [3.63, 3.8) is 0 Å². The third kappa shape index (κ3) is 3.85. The third-order valence-corrected chi connectivity index (χ3v) is 4.07. The first-order chi connectivity index (χ1) is 9.10. The molecule has 0 radical (unpaired) electrons. The number of aliphatic hydroxyl groups is 1.